The summed E-state index contributed by atoms with van der Waals surface area (Å²) in [7, 11) is 0. The Morgan fingerprint density at radius 2 is 1.68 bits per heavy atom. The van der Waals surface area contributed by atoms with Crippen LogP contribution in [-0.2, 0) is 18.2 Å². The standard InChI is InChI=1S/C28H34Cl2N4/c1-21-7-2-3-9-23(21)24-12-13-32-26(28(24)31)10-4-5-14-33-15-17-34(18-16-33)27-11-6-8-22(19-29)25(27)20-30/h2-3,6-9,11-13H,4-5,10,14-20,31H2,1H3. The second-order valence-electron chi connectivity index (χ2n) is 9.00. The highest BCUT2D eigenvalue weighted by atomic mass is 35.5. The molecule has 0 aliphatic carbocycles. The molecule has 0 radical (unpaired) electrons. The first kappa shape index (κ1) is 24.8. The molecule has 0 unspecified atom stereocenters. The quantitative estimate of drug-likeness (QED) is 0.280. The molecule has 4 nitrogen and oxygen atoms in total. The van der Waals surface area contributed by atoms with E-state index in [1.54, 1.807) is 0 Å². The van der Waals surface area contributed by atoms with E-state index in [2.05, 4.69) is 64.2 Å². The molecule has 2 heterocycles. The monoisotopic (exact) mass is 496 g/mol. The fourth-order valence-corrected chi connectivity index (χ4v) is 5.42. The summed E-state index contributed by atoms with van der Waals surface area (Å²) in [5, 5.41) is 0. The molecule has 4 rings (SSSR count). The minimum absolute atomic E-state index is 0.501. The first-order valence-corrected chi connectivity index (χ1v) is 13.2. The Balaban J connectivity index is 1.27. The topological polar surface area (TPSA) is 45.4 Å². The van der Waals surface area contributed by atoms with Crippen LogP contribution in [0.5, 0.6) is 0 Å². The predicted octanol–water partition coefficient (Wildman–Crippen LogP) is 6.26. The van der Waals surface area contributed by atoms with Crippen LogP contribution in [0.1, 0.15) is 35.2 Å². The third-order valence-electron chi connectivity index (χ3n) is 6.88. The van der Waals surface area contributed by atoms with Crippen LogP contribution >= 0.6 is 23.2 Å². The minimum atomic E-state index is 0.501. The van der Waals surface area contributed by atoms with E-state index in [0.29, 0.717) is 11.8 Å². The molecule has 1 fully saturated rings. The smallest absolute Gasteiger partial charge is 0.0638 e. The summed E-state index contributed by atoms with van der Waals surface area (Å²) in [4.78, 5) is 9.60. The molecule has 0 bridgehead atoms. The number of unbranched alkanes of at least 4 members (excludes halogenated alkanes) is 1. The van der Waals surface area contributed by atoms with E-state index in [1.165, 1.54) is 22.4 Å². The van der Waals surface area contributed by atoms with Gasteiger partial charge in [0.15, 0.2) is 0 Å². The number of anilines is 2. The van der Waals surface area contributed by atoms with Crippen molar-refractivity contribution in [2.24, 2.45) is 0 Å². The van der Waals surface area contributed by atoms with Gasteiger partial charge in [0.05, 0.1) is 11.4 Å². The van der Waals surface area contributed by atoms with Crippen molar-refractivity contribution in [2.45, 2.75) is 37.9 Å². The van der Waals surface area contributed by atoms with E-state index in [4.69, 9.17) is 28.9 Å². The first-order chi connectivity index (χ1) is 16.6. The number of aromatic nitrogens is 1. The van der Waals surface area contributed by atoms with Crippen molar-refractivity contribution < 1.29 is 0 Å². The zero-order valence-corrected chi connectivity index (χ0v) is 21.5. The molecular formula is C28H34Cl2N4. The number of alkyl halides is 2. The van der Waals surface area contributed by atoms with E-state index < -0.39 is 0 Å². The van der Waals surface area contributed by atoms with E-state index in [9.17, 15) is 0 Å². The molecule has 6 heteroatoms. The zero-order valence-electron chi connectivity index (χ0n) is 19.9. The molecule has 0 saturated carbocycles. The van der Waals surface area contributed by atoms with Crippen LogP contribution in [0.3, 0.4) is 0 Å². The van der Waals surface area contributed by atoms with Crippen molar-refractivity contribution in [3.63, 3.8) is 0 Å². The van der Waals surface area contributed by atoms with Crippen molar-refractivity contribution in [3.05, 3.63) is 77.1 Å². The summed E-state index contributed by atoms with van der Waals surface area (Å²) in [6, 6.07) is 16.7. The third-order valence-corrected chi connectivity index (χ3v) is 7.44. The van der Waals surface area contributed by atoms with Gasteiger partial charge in [-0.25, -0.2) is 0 Å². The Kier molecular flexibility index (Phi) is 8.71. The highest BCUT2D eigenvalue weighted by Crippen LogP contribution is 2.31. The van der Waals surface area contributed by atoms with E-state index in [-0.39, 0.29) is 0 Å². The number of nitrogens with two attached hydrogens (primary N) is 1. The number of hydrogen-bond donors (Lipinski definition) is 1. The molecule has 0 spiro atoms. The van der Waals surface area contributed by atoms with Crippen molar-refractivity contribution in [1.29, 1.82) is 0 Å². The molecule has 34 heavy (non-hydrogen) atoms. The van der Waals surface area contributed by atoms with Gasteiger partial charge in [0.25, 0.3) is 0 Å². The molecule has 1 aliphatic heterocycles. The van der Waals surface area contributed by atoms with Crippen molar-refractivity contribution >= 4 is 34.6 Å². The zero-order chi connectivity index (χ0) is 23.9. The number of benzene rings is 2. The van der Waals surface area contributed by atoms with Crippen LogP contribution in [0.25, 0.3) is 11.1 Å². The first-order valence-electron chi connectivity index (χ1n) is 12.1. The fourth-order valence-electron chi connectivity index (χ4n) is 4.86. The lowest BCUT2D eigenvalue weighted by Gasteiger charge is -2.37. The van der Waals surface area contributed by atoms with Gasteiger partial charge in [-0.15, -0.1) is 23.2 Å². The number of nitrogen functional groups attached to an aromatic ring is 1. The maximum atomic E-state index is 6.53. The van der Waals surface area contributed by atoms with Gasteiger partial charge in [-0.1, -0.05) is 36.4 Å². The summed E-state index contributed by atoms with van der Waals surface area (Å²) in [6.07, 6.45) is 5.03. The van der Waals surface area contributed by atoms with Gasteiger partial charge < -0.3 is 10.6 Å². The summed E-state index contributed by atoms with van der Waals surface area (Å²) in [5.74, 6) is 1.00. The van der Waals surface area contributed by atoms with Crippen molar-refractivity contribution in [2.75, 3.05) is 43.4 Å². The van der Waals surface area contributed by atoms with E-state index in [0.717, 1.165) is 74.5 Å². The molecule has 0 amide bonds. The molecule has 1 aromatic heterocycles. The van der Waals surface area contributed by atoms with Crippen LogP contribution in [0, 0.1) is 6.92 Å². The Labute approximate surface area is 213 Å². The summed E-state index contributed by atoms with van der Waals surface area (Å²) in [6.45, 7) is 7.40. The van der Waals surface area contributed by atoms with Crippen LogP contribution in [0.4, 0.5) is 11.4 Å². The van der Waals surface area contributed by atoms with Crippen LogP contribution in [-0.4, -0.2) is 42.6 Å². The maximum absolute atomic E-state index is 6.53. The van der Waals surface area contributed by atoms with Crippen LogP contribution in [0.15, 0.2) is 54.7 Å². The van der Waals surface area contributed by atoms with Gasteiger partial charge in [-0.2, -0.15) is 0 Å². The summed E-state index contributed by atoms with van der Waals surface area (Å²) >= 11 is 12.4. The summed E-state index contributed by atoms with van der Waals surface area (Å²) < 4.78 is 0. The van der Waals surface area contributed by atoms with Crippen LogP contribution in [0.2, 0.25) is 0 Å². The van der Waals surface area contributed by atoms with Gasteiger partial charge in [-0.3, -0.25) is 9.88 Å². The predicted molar refractivity (Wildman–Crippen MR) is 146 cm³/mol. The molecule has 1 aliphatic rings. The van der Waals surface area contributed by atoms with Gasteiger partial charge in [0, 0.05) is 55.4 Å². The number of halogens is 2. The SMILES string of the molecule is Cc1ccccc1-c1ccnc(CCCCN2CCN(c3cccc(CCl)c3CCl)CC2)c1N. The van der Waals surface area contributed by atoms with Gasteiger partial charge in [0.2, 0.25) is 0 Å². The number of pyridine rings is 1. The highest BCUT2D eigenvalue weighted by molar-refractivity contribution is 6.19. The normalized spacial score (nSPS) is 14.5. The minimum Gasteiger partial charge on any atom is -0.397 e. The van der Waals surface area contributed by atoms with Crippen molar-refractivity contribution in [3.8, 4) is 11.1 Å². The van der Waals surface area contributed by atoms with Gasteiger partial charge in [-0.05, 0) is 67.1 Å². The lowest BCUT2D eigenvalue weighted by molar-refractivity contribution is 0.253. The second kappa shape index (κ2) is 11.9. The molecule has 2 N–H and O–H groups in total. The Morgan fingerprint density at radius 3 is 2.41 bits per heavy atom. The average Bonchev–Trinajstić information content (AvgIpc) is 2.88. The van der Waals surface area contributed by atoms with Crippen molar-refractivity contribution in [1.82, 2.24) is 9.88 Å². The molecular weight excluding hydrogens is 463 g/mol. The lowest BCUT2D eigenvalue weighted by Crippen LogP contribution is -2.47. The van der Waals surface area contributed by atoms with Gasteiger partial charge >= 0.3 is 0 Å². The Bertz CT molecular complexity index is 1090. The number of piperazine rings is 1. The van der Waals surface area contributed by atoms with Gasteiger partial charge in [0.1, 0.15) is 0 Å². The molecule has 1 saturated heterocycles. The highest BCUT2D eigenvalue weighted by Gasteiger charge is 2.20. The Morgan fingerprint density at radius 1 is 0.882 bits per heavy atom. The lowest BCUT2D eigenvalue weighted by atomic mass is 9.98. The Hall–Kier alpha value is -2.27. The third kappa shape index (κ3) is 5.68. The molecule has 3 aromatic rings. The second-order valence-corrected chi connectivity index (χ2v) is 9.54. The van der Waals surface area contributed by atoms with Crippen LogP contribution < -0.4 is 10.6 Å². The van der Waals surface area contributed by atoms with E-state index >= 15 is 0 Å². The fraction of sp³-hybridized carbons (Fsp3) is 0.393. The maximum Gasteiger partial charge on any atom is 0.0638 e. The summed E-state index contributed by atoms with van der Waals surface area (Å²) in [5.41, 5.74) is 15.4. The average molecular weight is 498 g/mol. The number of rotatable bonds is 9. The number of aryl methyl sites for hydroxylation is 2. The largest absolute Gasteiger partial charge is 0.397 e. The number of hydrogen-bond acceptors (Lipinski definition) is 4. The number of nitrogens with zero attached hydrogens (tertiary/aromatic N) is 3. The molecule has 2 aromatic carbocycles. The van der Waals surface area contributed by atoms with E-state index in [1.807, 2.05) is 12.3 Å². The molecule has 0 atom stereocenters. The molecule has 180 valence electrons.